The minimum absolute atomic E-state index is 0.691. The zero-order chi connectivity index (χ0) is 13.2. The second-order valence-corrected chi connectivity index (χ2v) is 6.12. The second-order valence-electron chi connectivity index (χ2n) is 6.12. The summed E-state index contributed by atoms with van der Waals surface area (Å²) in [4.78, 5) is 2.57. The molecule has 0 aromatic heterocycles. The van der Waals surface area contributed by atoms with Gasteiger partial charge in [-0.05, 0) is 33.2 Å². The Morgan fingerprint density at radius 2 is 1.89 bits per heavy atom. The van der Waals surface area contributed by atoms with E-state index < -0.39 is 0 Å². The molecule has 108 valence electrons. The smallest absolute Gasteiger partial charge is 0.0107 e. The third kappa shape index (κ3) is 6.75. The topological polar surface area (TPSA) is 15.3 Å². The van der Waals surface area contributed by atoms with E-state index in [-0.39, 0.29) is 0 Å². The van der Waals surface area contributed by atoms with Gasteiger partial charge in [-0.1, -0.05) is 45.4 Å². The number of nitrogens with zero attached hydrogens (tertiary/aromatic N) is 1. The molecule has 0 bridgehead atoms. The lowest BCUT2D eigenvalue weighted by atomic mass is 9.94. The molecule has 1 unspecified atom stereocenters. The van der Waals surface area contributed by atoms with E-state index in [0.717, 1.165) is 12.6 Å². The third-order valence-electron chi connectivity index (χ3n) is 4.40. The van der Waals surface area contributed by atoms with Crippen LogP contribution in [0, 0.1) is 0 Å². The Morgan fingerprint density at radius 3 is 2.56 bits per heavy atom. The normalized spacial score (nSPS) is 19.3. The minimum atomic E-state index is 0.691. The summed E-state index contributed by atoms with van der Waals surface area (Å²) in [5.74, 6) is 0. The molecule has 1 saturated carbocycles. The Hall–Kier alpha value is -0.0800. The first-order chi connectivity index (χ1) is 8.74. The fourth-order valence-corrected chi connectivity index (χ4v) is 2.99. The number of nitrogens with one attached hydrogen (secondary N) is 1. The Kier molecular flexibility index (Phi) is 8.70. The standard InChI is InChI=1S/C16H34N2/c1-4-5-7-10-15(2)17-13-14-18(3)16-11-8-6-9-12-16/h15-17H,4-14H2,1-3H3. The predicted molar refractivity (Wildman–Crippen MR) is 81.1 cm³/mol. The van der Waals surface area contributed by atoms with Crippen LogP contribution < -0.4 is 5.32 Å². The van der Waals surface area contributed by atoms with Gasteiger partial charge in [0.2, 0.25) is 0 Å². The molecule has 2 heteroatoms. The molecule has 1 rings (SSSR count). The van der Waals surface area contributed by atoms with Crippen LogP contribution in [0.15, 0.2) is 0 Å². The van der Waals surface area contributed by atoms with Crippen molar-refractivity contribution >= 4 is 0 Å². The highest BCUT2D eigenvalue weighted by Gasteiger charge is 2.17. The highest BCUT2D eigenvalue weighted by Crippen LogP contribution is 2.21. The Bertz CT molecular complexity index is 188. The number of rotatable bonds is 9. The van der Waals surface area contributed by atoms with Gasteiger partial charge in [-0.15, -0.1) is 0 Å². The Morgan fingerprint density at radius 1 is 1.17 bits per heavy atom. The first kappa shape index (κ1) is 16.0. The third-order valence-corrected chi connectivity index (χ3v) is 4.40. The maximum Gasteiger partial charge on any atom is 0.0107 e. The van der Waals surface area contributed by atoms with Gasteiger partial charge in [0.15, 0.2) is 0 Å². The van der Waals surface area contributed by atoms with E-state index in [9.17, 15) is 0 Å². The van der Waals surface area contributed by atoms with Crippen LogP contribution in [-0.4, -0.2) is 37.1 Å². The van der Waals surface area contributed by atoms with Crippen molar-refractivity contribution in [2.45, 2.75) is 83.7 Å². The molecule has 1 aliphatic carbocycles. The highest BCUT2D eigenvalue weighted by atomic mass is 15.1. The number of hydrogen-bond acceptors (Lipinski definition) is 2. The molecule has 0 amide bonds. The molecular weight excluding hydrogens is 220 g/mol. The number of unbranched alkanes of at least 4 members (excludes halogenated alkanes) is 2. The molecule has 0 spiro atoms. The molecule has 0 radical (unpaired) electrons. The summed E-state index contributed by atoms with van der Waals surface area (Å²) in [6.45, 7) is 6.97. The zero-order valence-electron chi connectivity index (χ0n) is 12.9. The Balaban J connectivity index is 2.01. The van der Waals surface area contributed by atoms with Gasteiger partial charge in [0.1, 0.15) is 0 Å². The van der Waals surface area contributed by atoms with E-state index >= 15 is 0 Å². The van der Waals surface area contributed by atoms with Crippen LogP contribution in [0.4, 0.5) is 0 Å². The van der Waals surface area contributed by atoms with E-state index in [2.05, 4.69) is 31.1 Å². The van der Waals surface area contributed by atoms with Crippen LogP contribution in [0.5, 0.6) is 0 Å². The van der Waals surface area contributed by atoms with Crippen molar-refractivity contribution < 1.29 is 0 Å². The summed E-state index contributed by atoms with van der Waals surface area (Å²) in [5.41, 5.74) is 0. The molecule has 0 aliphatic heterocycles. The highest BCUT2D eigenvalue weighted by molar-refractivity contribution is 4.74. The lowest BCUT2D eigenvalue weighted by Crippen LogP contribution is -2.40. The fourth-order valence-electron chi connectivity index (χ4n) is 2.99. The van der Waals surface area contributed by atoms with Crippen molar-refractivity contribution in [2.24, 2.45) is 0 Å². The zero-order valence-corrected chi connectivity index (χ0v) is 12.9. The van der Waals surface area contributed by atoms with Gasteiger partial charge in [0.05, 0.1) is 0 Å². The average molecular weight is 254 g/mol. The van der Waals surface area contributed by atoms with Crippen LogP contribution in [0.25, 0.3) is 0 Å². The molecule has 1 aliphatic rings. The first-order valence-corrected chi connectivity index (χ1v) is 8.17. The first-order valence-electron chi connectivity index (χ1n) is 8.17. The second kappa shape index (κ2) is 9.80. The van der Waals surface area contributed by atoms with Gasteiger partial charge < -0.3 is 10.2 Å². The SMILES string of the molecule is CCCCCC(C)NCCN(C)C1CCCCC1. The van der Waals surface area contributed by atoms with Gasteiger partial charge in [-0.3, -0.25) is 0 Å². The van der Waals surface area contributed by atoms with Gasteiger partial charge in [-0.2, -0.15) is 0 Å². The van der Waals surface area contributed by atoms with Crippen molar-refractivity contribution in [3.05, 3.63) is 0 Å². The average Bonchev–Trinajstić information content (AvgIpc) is 2.40. The molecule has 0 heterocycles. The summed E-state index contributed by atoms with van der Waals surface area (Å²) >= 11 is 0. The fraction of sp³-hybridized carbons (Fsp3) is 1.00. The van der Waals surface area contributed by atoms with Crippen molar-refractivity contribution in [1.29, 1.82) is 0 Å². The van der Waals surface area contributed by atoms with Crippen LogP contribution in [0.2, 0.25) is 0 Å². The van der Waals surface area contributed by atoms with Crippen molar-refractivity contribution in [2.75, 3.05) is 20.1 Å². The lowest BCUT2D eigenvalue weighted by Gasteiger charge is -2.31. The minimum Gasteiger partial charge on any atom is -0.313 e. The lowest BCUT2D eigenvalue weighted by molar-refractivity contribution is 0.190. The largest absolute Gasteiger partial charge is 0.313 e. The van der Waals surface area contributed by atoms with Crippen molar-refractivity contribution in [3.63, 3.8) is 0 Å². The molecule has 0 aromatic rings. The number of likely N-dealkylation sites (N-methyl/N-ethyl adjacent to an activating group) is 1. The number of hydrogen-bond donors (Lipinski definition) is 1. The summed E-state index contributed by atoms with van der Waals surface area (Å²) in [7, 11) is 2.30. The van der Waals surface area contributed by atoms with E-state index in [0.29, 0.717) is 6.04 Å². The molecule has 1 atom stereocenters. The molecule has 1 fully saturated rings. The molecule has 2 nitrogen and oxygen atoms in total. The molecule has 1 N–H and O–H groups in total. The van der Waals surface area contributed by atoms with E-state index in [4.69, 9.17) is 0 Å². The van der Waals surface area contributed by atoms with Crippen LogP contribution in [0.3, 0.4) is 0 Å². The maximum atomic E-state index is 3.67. The predicted octanol–water partition coefficient (Wildman–Crippen LogP) is 3.81. The summed E-state index contributed by atoms with van der Waals surface area (Å²) in [6.07, 6.45) is 12.6. The van der Waals surface area contributed by atoms with Crippen molar-refractivity contribution in [1.82, 2.24) is 10.2 Å². The van der Waals surface area contributed by atoms with Crippen LogP contribution in [0.1, 0.15) is 71.6 Å². The van der Waals surface area contributed by atoms with Gasteiger partial charge in [-0.25, -0.2) is 0 Å². The van der Waals surface area contributed by atoms with E-state index in [1.54, 1.807) is 0 Å². The molecular formula is C16H34N2. The van der Waals surface area contributed by atoms with E-state index in [1.165, 1.54) is 64.3 Å². The summed E-state index contributed by atoms with van der Waals surface area (Å²) in [6, 6.07) is 1.55. The summed E-state index contributed by atoms with van der Waals surface area (Å²) in [5, 5.41) is 3.67. The van der Waals surface area contributed by atoms with Crippen LogP contribution >= 0.6 is 0 Å². The molecule has 0 saturated heterocycles. The summed E-state index contributed by atoms with van der Waals surface area (Å²) < 4.78 is 0. The van der Waals surface area contributed by atoms with Crippen LogP contribution in [-0.2, 0) is 0 Å². The monoisotopic (exact) mass is 254 g/mol. The van der Waals surface area contributed by atoms with Gasteiger partial charge in [0, 0.05) is 25.2 Å². The van der Waals surface area contributed by atoms with Gasteiger partial charge in [0.25, 0.3) is 0 Å². The van der Waals surface area contributed by atoms with Gasteiger partial charge >= 0.3 is 0 Å². The Labute approximate surface area is 115 Å². The molecule has 18 heavy (non-hydrogen) atoms. The van der Waals surface area contributed by atoms with Crippen molar-refractivity contribution in [3.8, 4) is 0 Å². The molecule has 0 aromatic carbocycles. The maximum absolute atomic E-state index is 3.67. The van der Waals surface area contributed by atoms with E-state index in [1.807, 2.05) is 0 Å². The quantitative estimate of drug-likeness (QED) is 0.629.